The van der Waals surface area contributed by atoms with Crippen molar-refractivity contribution in [3.8, 4) is 0 Å². The third-order valence-corrected chi connectivity index (χ3v) is 2.88. The molecule has 1 nitrogen and oxygen atoms in total. The van der Waals surface area contributed by atoms with E-state index >= 15 is 0 Å². The molecule has 1 heterocycles. The highest BCUT2D eigenvalue weighted by Gasteiger charge is 2.20. The largest absolute Gasteiger partial charge is 0.673 e. The molecule has 0 saturated carbocycles. The summed E-state index contributed by atoms with van der Waals surface area (Å²) in [5.41, 5.74) is 3.49. The van der Waals surface area contributed by atoms with E-state index in [1.165, 1.54) is 10.9 Å². The maximum absolute atomic E-state index is 9.75. The van der Waals surface area contributed by atoms with Gasteiger partial charge < -0.3 is 17.3 Å². The third-order valence-electron chi connectivity index (χ3n) is 2.88. The molecule has 0 bridgehead atoms. The molecular weight excluding hydrogens is 293 g/mol. The SMILES string of the molecule is F[B-](F)(F)F.c1ccc(Cc2ccc3ccccc3n2)cc1. The summed E-state index contributed by atoms with van der Waals surface area (Å²) in [7, 11) is -6.00. The van der Waals surface area contributed by atoms with Crippen molar-refractivity contribution in [3.63, 3.8) is 0 Å². The standard InChI is InChI=1S/C16H13N.BF4/c1-2-6-13(7-3-1)12-15-11-10-14-8-4-5-9-16(14)17-15;2-1(3,4)5/h1-11H,12H2;/q;-1. The van der Waals surface area contributed by atoms with Gasteiger partial charge in [0, 0.05) is 17.5 Å². The van der Waals surface area contributed by atoms with Gasteiger partial charge in [0.15, 0.2) is 0 Å². The van der Waals surface area contributed by atoms with Crippen LogP contribution in [0.5, 0.6) is 0 Å². The number of fused-ring (bicyclic) bond motifs is 1. The third kappa shape index (κ3) is 5.56. The first-order chi connectivity index (χ1) is 10.4. The number of hydrogen-bond acceptors (Lipinski definition) is 1. The van der Waals surface area contributed by atoms with E-state index in [0.717, 1.165) is 17.6 Å². The van der Waals surface area contributed by atoms with E-state index in [4.69, 9.17) is 0 Å². The molecule has 0 fully saturated rings. The summed E-state index contributed by atoms with van der Waals surface area (Å²) in [5.74, 6) is 0. The smallest absolute Gasteiger partial charge is 0.418 e. The zero-order valence-electron chi connectivity index (χ0n) is 11.6. The quantitative estimate of drug-likeness (QED) is 0.473. The van der Waals surface area contributed by atoms with Crippen LogP contribution < -0.4 is 0 Å². The molecule has 3 rings (SSSR count). The number of halogens is 4. The van der Waals surface area contributed by atoms with Gasteiger partial charge in [0.1, 0.15) is 0 Å². The number of benzene rings is 2. The van der Waals surface area contributed by atoms with Crippen LogP contribution >= 0.6 is 0 Å². The lowest BCUT2D eigenvalue weighted by Gasteiger charge is -2.03. The number of rotatable bonds is 2. The van der Waals surface area contributed by atoms with Crippen LogP contribution in [0.4, 0.5) is 17.3 Å². The fourth-order valence-electron chi connectivity index (χ4n) is 2.01. The van der Waals surface area contributed by atoms with Crippen molar-refractivity contribution in [2.45, 2.75) is 6.42 Å². The predicted molar refractivity (Wildman–Crippen MR) is 81.2 cm³/mol. The van der Waals surface area contributed by atoms with Crippen molar-refractivity contribution in [2.75, 3.05) is 0 Å². The van der Waals surface area contributed by atoms with Crippen LogP contribution in [-0.4, -0.2) is 12.2 Å². The van der Waals surface area contributed by atoms with Gasteiger partial charge >= 0.3 is 7.25 Å². The summed E-state index contributed by atoms with van der Waals surface area (Å²) in [4.78, 5) is 4.67. The number of nitrogens with zero attached hydrogens (tertiary/aromatic N) is 1. The molecule has 3 aromatic rings. The zero-order valence-corrected chi connectivity index (χ0v) is 11.6. The molecule has 0 unspecified atom stereocenters. The van der Waals surface area contributed by atoms with Crippen molar-refractivity contribution < 1.29 is 17.3 Å². The van der Waals surface area contributed by atoms with Gasteiger partial charge in [0.25, 0.3) is 0 Å². The Morgan fingerprint density at radius 2 is 1.32 bits per heavy atom. The summed E-state index contributed by atoms with van der Waals surface area (Å²) >= 11 is 0. The Morgan fingerprint density at radius 1 is 0.727 bits per heavy atom. The van der Waals surface area contributed by atoms with Crippen LogP contribution in [0.15, 0.2) is 66.7 Å². The maximum Gasteiger partial charge on any atom is 0.673 e. The zero-order chi connectivity index (χ0) is 16.0. The van der Waals surface area contributed by atoms with Crippen molar-refractivity contribution in [1.82, 2.24) is 4.98 Å². The molecular formula is C16H13BF4N-. The lowest BCUT2D eigenvalue weighted by Crippen LogP contribution is -2.02. The summed E-state index contributed by atoms with van der Waals surface area (Å²) in [6.07, 6.45) is 0.895. The Bertz CT molecular complexity index is 723. The van der Waals surface area contributed by atoms with Crippen LogP contribution in [0.3, 0.4) is 0 Å². The Hall–Kier alpha value is -2.37. The van der Waals surface area contributed by atoms with Gasteiger partial charge in [-0.2, -0.15) is 0 Å². The molecule has 22 heavy (non-hydrogen) atoms. The highest BCUT2D eigenvalue weighted by molar-refractivity contribution is 6.50. The minimum absolute atomic E-state index is 0.895. The summed E-state index contributed by atoms with van der Waals surface area (Å²) in [6, 6.07) is 22.9. The van der Waals surface area contributed by atoms with Crippen molar-refractivity contribution >= 4 is 18.2 Å². The van der Waals surface area contributed by atoms with Crippen molar-refractivity contribution in [3.05, 3.63) is 78.0 Å². The van der Waals surface area contributed by atoms with E-state index in [1.807, 2.05) is 18.2 Å². The van der Waals surface area contributed by atoms with Crippen molar-refractivity contribution in [2.24, 2.45) is 0 Å². The van der Waals surface area contributed by atoms with E-state index in [1.54, 1.807) is 0 Å². The summed E-state index contributed by atoms with van der Waals surface area (Å²) in [6.45, 7) is 0. The first-order valence-corrected chi connectivity index (χ1v) is 6.68. The Morgan fingerprint density at radius 3 is 2.00 bits per heavy atom. The molecule has 114 valence electrons. The molecule has 0 atom stereocenters. The second-order valence-electron chi connectivity index (χ2n) is 4.65. The first kappa shape index (κ1) is 16.0. The fourth-order valence-corrected chi connectivity index (χ4v) is 2.01. The minimum Gasteiger partial charge on any atom is -0.418 e. The maximum atomic E-state index is 9.75. The average Bonchev–Trinajstić information content (AvgIpc) is 2.46. The van der Waals surface area contributed by atoms with Gasteiger partial charge in [-0.3, -0.25) is 4.98 Å². The molecule has 0 spiro atoms. The highest BCUT2D eigenvalue weighted by Crippen LogP contribution is 2.14. The monoisotopic (exact) mass is 306 g/mol. The van der Waals surface area contributed by atoms with E-state index in [9.17, 15) is 17.3 Å². The Balaban J connectivity index is 0.000000309. The average molecular weight is 306 g/mol. The highest BCUT2D eigenvalue weighted by atomic mass is 19.5. The second-order valence-corrected chi connectivity index (χ2v) is 4.65. The first-order valence-electron chi connectivity index (χ1n) is 6.68. The van der Waals surface area contributed by atoms with Crippen LogP contribution in [0.2, 0.25) is 0 Å². The van der Waals surface area contributed by atoms with Gasteiger partial charge in [-0.25, -0.2) is 0 Å². The van der Waals surface area contributed by atoms with Gasteiger partial charge in [0.05, 0.1) is 5.52 Å². The summed E-state index contributed by atoms with van der Waals surface area (Å²) in [5, 5.41) is 1.20. The summed E-state index contributed by atoms with van der Waals surface area (Å²) < 4.78 is 39.0. The van der Waals surface area contributed by atoms with Crippen LogP contribution in [0.1, 0.15) is 11.3 Å². The number of hydrogen-bond donors (Lipinski definition) is 0. The van der Waals surface area contributed by atoms with Gasteiger partial charge in [-0.05, 0) is 17.7 Å². The second kappa shape index (κ2) is 7.07. The van der Waals surface area contributed by atoms with Crippen LogP contribution in [0, 0.1) is 0 Å². The van der Waals surface area contributed by atoms with Crippen molar-refractivity contribution in [1.29, 1.82) is 0 Å². The lowest BCUT2D eigenvalue weighted by molar-refractivity contribution is 0.368. The normalized spacial score (nSPS) is 10.9. The fraction of sp³-hybridized carbons (Fsp3) is 0.0625. The molecule has 0 aliphatic rings. The number of pyridine rings is 1. The molecule has 1 aromatic heterocycles. The van der Waals surface area contributed by atoms with E-state index in [0.29, 0.717) is 0 Å². The lowest BCUT2D eigenvalue weighted by atomic mass is 10.1. The molecule has 0 aliphatic carbocycles. The minimum atomic E-state index is -6.00. The number of aromatic nitrogens is 1. The van der Waals surface area contributed by atoms with Gasteiger partial charge in [-0.15, -0.1) is 0 Å². The molecule has 2 aromatic carbocycles. The van der Waals surface area contributed by atoms with E-state index in [-0.39, 0.29) is 0 Å². The molecule has 0 radical (unpaired) electrons. The number of para-hydroxylation sites is 1. The predicted octanol–water partition coefficient (Wildman–Crippen LogP) is 5.13. The Kier molecular flexibility index (Phi) is 5.14. The molecule has 0 amide bonds. The molecule has 0 aliphatic heterocycles. The Labute approximate surface area is 125 Å². The van der Waals surface area contributed by atoms with E-state index < -0.39 is 7.25 Å². The molecule has 6 heteroatoms. The van der Waals surface area contributed by atoms with Crippen LogP contribution in [-0.2, 0) is 6.42 Å². The van der Waals surface area contributed by atoms with E-state index in [2.05, 4.69) is 53.5 Å². The molecule has 0 N–H and O–H groups in total. The topological polar surface area (TPSA) is 12.9 Å². The van der Waals surface area contributed by atoms with Gasteiger partial charge in [0.2, 0.25) is 0 Å². The molecule has 0 saturated heterocycles. The van der Waals surface area contributed by atoms with Crippen LogP contribution in [0.25, 0.3) is 10.9 Å². The van der Waals surface area contributed by atoms with Gasteiger partial charge in [-0.1, -0.05) is 54.6 Å².